The van der Waals surface area contributed by atoms with Crippen LogP contribution in [0.3, 0.4) is 0 Å². The van der Waals surface area contributed by atoms with Crippen LogP contribution in [0.1, 0.15) is 40.1 Å². The number of nitrogens with one attached hydrogen (secondary N) is 2. The van der Waals surface area contributed by atoms with E-state index in [1.807, 2.05) is 6.07 Å². The van der Waals surface area contributed by atoms with Crippen LogP contribution in [-0.2, 0) is 16.6 Å². The van der Waals surface area contributed by atoms with Crippen LogP contribution in [0.15, 0.2) is 83.8 Å². The highest BCUT2D eigenvalue weighted by Crippen LogP contribution is 2.18. The Hall–Kier alpha value is -3.49. The molecule has 0 bridgehead atoms. The van der Waals surface area contributed by atoms with E-state index in [9.17, 15) is 18.0 Å². The van der Waals surface area contributed by atoms with Crippen LogP contribution in [0.4, 0.5) is 5.69 Å². The summed E-state index contributed by atoms with van der Waals surface area (Å²) in [7, 11) is -3.53. The number of benzene rings is 3. The lowest BCUT2D eigenvalue weighted by atomic mass is 10.1. The summed E-state index contributed by atoms with van der Waals surface area (Å²) in [5, 5.41) is 5.60. The monoisotopic (exact) mass is 465 g/mol. The SMILES string of the molecule is CCN(CC)S(=O)(=O)c1ccc(CNC(=O)c2ccccc2NC(=O)c2ccccc2)cc1. The van der Waals surface area contributed by atoms with Crippen LogP contribution in [0, 0.1) is 0 Å². The second kappa shape index (κ2) is 10.9. The minimum absolute atomic E-state index is 0.214. The van der Waals surface area contributed by atoms with E-state index in [2.05, 4.69) is 10.6 Å². The quantitative estimate of drug-likeness (QED) is 0.501. The highest BCUT2D eigenvalue weighted by Gasteiger charge is 2.21. The summed E-state index contributed by atoms with van der Waals surface area (Å²) in [6.07, 6.45) is 0. The van der Waals surface area contributed by atoms with Gasteiger partial charge in [-0.05, 0) is 42.0 Å². The number of sulfonamides is 1. The van der Waals surface area contributed by atoms with Gasteiger partial charge in [-0.15, -0.1) is 0 Å². The second-order valence-electron chi connectivity index (χ2n) is 7.28. The van der Waals surface area contributed by atoms with Gasteiger partial charge in [-0.3, -0.25) is 9.59 Å². The summed E-state index contributed by atoms with van der Waals surface area (Å²) in [6.45, 7) is 4.61. The Morgan fingerprint density at radius 2 is 1.39 bits per heavy atom. The number of para-hydroxylation sites is 1. The topological polar surface area (TPSA) is 95.6 Å². The van der Waals surface area contributed by atoms with Crippen molar-refractivity contribution in [2.75, 3.05) is 18.4 Å². The third kappa shape index (κ3) is 5.85. The molecule has 33 heavy (non-hydrogen) atoms. The van der Waals surface area contributed by atoms with Crippen molar-refractivity contribution in [2.45, 2.75) is 25.3 Å². The fourth-order valence-corrected chi connectivity index (χ4v) is 4.80. The molecule has 0 fully saturated rings. The summed E-state index contributed by atoms with van der Waals surface area (Å²) in [4.78, 5) is 25.5. The highest BCUT2D eigenvalue weighted by atomic mass is 32.2. The number of carbonyl (C=O) groups is 2. The summed E-state index contributed by atoms with van der Waals surface area (Å²) < 4.78 is 26.6. The van der Waals surface area contributed by atoms with Gasteiger partial charge in [0.05, 0.1) is 16.1 Å². The molecular formula is C25H27N3O4S. The van der Waals surface area contributed by atoms with Gasteiger partial charge in [-0.1, -0.05) is 56.3 Å². The van der Waals surface area contributed by atoms with Gasteiger partial charge < -0.3 is 10.6 Å². The summed E-state index contributed by atoms with van der Waals surface area (Å²) in [5.74, 6) is -0.653. The Balaban J connectivity index is 1.67. The van der Waals surface area contributed by atoms with Gasteiger partial charge in [0.2, 0.25) is 10.0 Å². The second-order valence-corrected chi connectivity index (χ2v) is 9.22. The van der Waals surface area contributed by atoms with Gasteiger partial charge >= 0.3 is 0 Å². The van der Waals surface area contributed by atoms with Crippen LogP contribution in [-0.4, -0.2) is 37.6 Å². The maximum Gasteiger partial charge on any atom is 0.255 e. The summed E-state index contributed by atoms with van der Waals surface area (Å²) in [6, 6.07) is 22.0. The van der Waals surface area contributed by atoms with Crippen LogP contribution < -0.4 is 10.6 Å². The van der Waals surface area contributed by atoms with Crippen LogP contribution in [0.25, 0.3) is 0 Å². The number of hydrogen-bond acceptors (Lipinski definition) is 4. The lowest BCUT2D eigenvalue weighted by molar-refractivity contribution is 0.0951. The van der Waals surface area contributed by atoms with Crippen molar-refractivity contribution in [3.8, 4) is 0 Å². The Kier molecular flexibility index (Phi) is 7.97. The molecule has 0 heterocycles. The van der Waals surface area contributed by atoms with Gasteiger partial charge in [0.1, 0.15) is 0 Å². The van der Waals surface area contributed by atoms with Crippen LogP contribution in [0.5, 0.6) is 0 Å². The first-order chi connectivity index (χ1) is 15.9. The first-order valence-corrected chi connectivity index (χ1v) is 12.1. The molecule has 172 valence electrons. The lowest BCUT2D eigenvalue weighted by Crippen LogP contribution is -2.30. The van der Waals surface area contributed by atoms with Gasteiger partial charge in [0, 0.05) is 25.2 Å². The van der Waals surface area contributed by atoms with Crippen molar-refractivity contribution in [1.29, 1.82) is 0 Å². The molecule has 0 aliphatic carbocycles. The third-order valence-corrected chi connectivity index (χ3v) is 7.24. The van der Waals surface area contributed by atoms with Crippen molar-refractivity contribution in [3.05, 3.63) is 95.6 Å². The zero-order valence-electron chi connectivity index (χ0n) is 18.6. The molecule has 3 aromatic rings. The van der Waals surface area contributed by atoms with Gasteiger partial charge in [0.25, 0.3) is 11.8 Å². The molecule has 0 unspecified atom stereocenters. The fourth-order valence-electron chi connectivity index (χ4n) is 3.34. The van der Waals surface area contributed by atoms with E-state index in [0.717, 1.165) is 5.56 Å². The third-order valence-electron chi connectivity index (χ3n) is 5.18. The van der Waals surface area contributed by atoms with E-state index in [-0.39, 0.29) is 23.3 Å². The molecule has 2 amide bonds. The number of hydrogen-bond donors (Lipinski definition) is 2. The fraction of sp³-hybridized carbons (Fsp3) is 0.200. The van der Waals surface area contributed by atoms with Gasteiger partial charge in [-0.25, -0.2) is 8.42 Å². The van der Waals surface area contributed by atoms with Crippen molar-refractivity contribution in [2.24, 2.45) is 0 Å². The van der Waals surface area contributed by atoms with Gasteiger partial charge in [0.15, 0.2) is 0 Å². The largest absolute Gasteiger partial charge is 0.348 e. The smallest absolute Gasteiger partial charge is 0.255 e. The number of anilines is 1. The maximum absolute atomic E-state index is 12.8. The molecule has 0 aliphatic rings. The highest BCUT2D eigenvalue weighted by molar-refractivity contribution is 7.89. The van der Waals surface area contributed by atoms with Crippen molar-refractivity contribution in [1.82, 2.24) is 9.62 Å². The predicted molar refractivity (Wildman–Crippen MR) is 129 cm³/mol. The van der Waals surface area contributed by atoms with Crippen LogP contribution in [0.2, 0.25) is 0 Å². The summed E-state index contributed by atoms with van der Waals surface area (Å²) >= 11 is 0. The normalized spacial score (nSPS) is 11.2. The molecule has 0 saturated heterocycles. The van der Waals surface area contributed by atoms with Crippen LogP contribution >= 0.6 is 0 Å². The van der Waals surface area contributed by atoms with E-state index in [1.165, 1.54) is 4.31 Å². The predicted octanol–water partition coefficient (Wildman–Crippen LogP) is 3.90. The average molecular weight is 466 g/mol. The van der Waals surface area contributed by atoms with E-state index >= 15 is 0 Å². The molecule has 8 heteroatoms. The Morgan fingerprint density at radius 3 is 2.03 bits per heavy atom. The Bertz CT molecular complexity index is 1210. The molecule has 2 N–H and O–H groups in total. The molecule has 0 aromatic heterocycles. The molecule has 3 rings (SSSR count). The zero-order valence-corrected chi connectivity index (χ0v) is 19.4. The molecule has 0 saturated carbocycles. The zero-order chi connectivity index (χ0) is 23.8. The lowest BCUT2D eigenvalue weighted by Gasteiger charge is -2.18. The molecule has 7 nitrogen and oxygen atoms in total. The first kappa shape index (κ1) is 24.2. The average Bonchev–Trinajstić information content (AvgIpc) is 2.84. The molecule has 0 aliphatic heterocycles. The Morgan fingerprint density at radius 1 is 0.788 bits per heavy atom. The number of rotatable bonds is 9. The molecule has 0 radical (unpaired) electrons. The number of nitrogens with zero attached hydrogens (tertiary/aromatic N) is 1. The van der Waals surface area contributed by atoms with Gasteiger partial charge in [-0.2, -0.15) is 4.31 Å². The van der Waals surface area contributed by atoms with E-state index in [4.69, 9.17) is 0 Å². The first-order valence-electron chi connectivity index (χ1n) is 10.7. The molecule has 0 spiro atoms. The van der Waals surface area contributed by atoms with Crippen molar-refractivity contribution in [3.63, 3.8) is 0 Å². The molecule has 0 atom stereocenters. The summed E-state index contributed by atoms with van der Waals surface area (Å²) in [5.41, 5.74) is 1.99. The molecular weight excluding hydrogens is 438 g/mol. The Labute approximate surface area is 194 Å². The van der Waals surface area contributed by atoms with E-state index in [0.29, 0.717) is 29.9 Å². The standard InChI is InChI=1S/C25H27N3O4S/c1-3-28(4-2)33(31,32)21-16-14-19(15-17-21)18-26-25(30)22-12-8-9-13-23(22)27-24(29)20-10-6-5-7-11-20/h5-17H,3-4,18H2,1-2H3,(H,26,30)(H,27,29). The van der Waals surface area contributed by atoms with E-state index in [1.54, 1.807) is 86.6 Å². The number of carbonyl (C=O) groups excluding carboxylic acids is 2. The number of amides is 2. The van der Waals surface area contributed by atoms with Crippen molar-refractivity contribution >= 4 is 27.5 Å². The minimum atomic E-state index is -3.53. The van der Waals surface area contributed by atoms with Crippen molar-refractivity contribution < 1.29 is 18.0 Å². The minimum Gasteiger partial charge on any atom is -0.348 e. The van der Waals surface area contributed by atoms with E-state index < -0.39 is 10.0 Å². The maximum atomic E-state index is 12.8. The molecule has 3 aromatic carbocycles.